The number of carbonyl (C=O) groups is 2. The van der Waals surface area contributed by atoms with Crippen LogP contribution in [0.15, 0.2) is 48.5 Å². The zero-order chi connectivity index (χ0) is 17.7. The molecular weight excluding hydrogens is 304 g/mol. The molecule has 0 unspecified atom stereocenters. The highest BCUT2D eigenvalue weighted by Crippen LogP contribution is 2.25. The van der Waals surface area contributed by atoms with E-state index in [9.17, 15) is 9.59 Å². The minimum atomic E-state index is -0.285. The van der Waals surface area contributed by atoms with Gasteiger partial charge in [-0.2, -0.15) is 0 Å². The molecule has 0 amide bonds. The highest BCUT2D eigenvalue weighted by molar-refractivity contribution is 5.79. The predicted molar refractivity (Wildman–Crippen MR) is 92.7 cm³/mol. The molecule has 2 aromatic carbocycles. The minimum Gasteiger partial charge on any atom is -0.469 e. The van der Waals surface area contributed by atoms with Gasteiger partial charge in [-0.25, -0.2) is 0 Å². The monoisotopic (exact) mass is 326 g/mol. The summed E-state index contributed by atoms with van der Waals surface area (Å²) in [6.45, 7) is 3.65. The van der Waals surface area contributed by atoms with Gasteiger partial charge in [0.05, 0.1) is 26.1 Å². The summed E-state index contributed by atoms with van der Waals surface area (Å²) < 4.78 is 9.54. The van der Waals surface area contributed by atoms with Crippen molar-refractivity contribution in [1.29, 1.82) is 0 Å². The maximum Gasteiger partial charge on any atom is 0.312 e. The summed E-state index contributed by atoms with van der Waals surface area (Å²) in [5.41, 5.74) is 3.93. The normalized spacial score (nSPS) is 13.0. The third-order valence-electron chi connectivity index (χ3n) is 4.26. The molecule has 0 saturated carbocycles. The molecule has 4 nitrogen and oxygen atoms in total. The van der Waals surface area contributed by atoms with Crippen molar-refractivity contribution in [2.24, 2.45) is 0 Å². The van der Waals surface area contributed by atoms with E-state index in [1.54, 1.807) is 0 Å². The summed E-state index contributed by atoms with van der Waals surface area (Å²) in [5.74, 6) is -1.06. The van der Waals surface area contributed by atoms with Gasteiger partial charge in [-0.3, -0.25) is 9.59 Å². The first-order chi connectivity index (χ1) is 11.5. The molecule has 0 saturated heterocycles. The zero-order valence-corrected chi connectivity index (χ0v) is 14.4. The number of benzene rings is 2. The maximum atomic E-state index is 11.6. The average Bonchev–Trinajstić information content (AvgIpc) is 2.65. The Morgan fingerprint density at radius 1 is 0.667 bits per heavy atom. The number of hydrogen-bond donors (Lipinski definition) is 0. The average molecular weight is 326 g/mol. The van der Waals surface area contributed by atoms with Gasteiger partial charge in [-0.15, -0.1) is 0 Å². The van der Waals surface area contributed by atoms with Crippen LogP contribution in [0.3, 0.4) is 0 Å². The highest BCUT2D eigenvalue weighted by atomic mass is 16.5. The molecule has 126 valence electrons. The van der Waals surface area contributed by atoms with Crippen LogP contribution < -0.4 is 0 Å². The first-order valence-electron chi connectivity index (χ1n) is 7.84. The van der Waals surface area contributed by atoms with E-state index in [-0.39, 0.29) is 23.8 Å². The van der Waals surface area contributed by atoms with E-state index >= 15 is 0 Å². The van der Waals surface area contributed by atoms with Crippen LogP contribution in [-0.2, 0) is 19.1 Å². The van der Waals surface area contributed by atoms with E-state index in [2.05, 4.69) is 0 Å². The second-order valence-electron chi connectivity index (χ2n) is 5.73. The fraction of sp³-hybridized carbons (Fsp3) is 0.300. The van der Waals surface area contributed by atoms with Crippen LogP contribution in [0, 0.1) is 0 Å². The molecule has 0 aliphatic rings. The van der Waals surface area contributed by atoms with Crippen LogP contribution in [0.2, 0.25) is 0 Å². The van der Waals surface area contributed by atoms with Gasteiger partial charge in [0, 0.05) is 0 Å². The number of carbonyl (C=O) groups excluding carboxylic acids is 2. The molecule has 0 aliphatic heterocycles. The summed E-state index contributed by atoms with van der Waals surface area (Å²) in [6, 6.07) is 15.6. The fourth-order valence-electron chi connectivity index (χ4n) is 2.55. The summed E-state index contributed by atoms with van der Waals surface area (Å²) in [6.07, 6.45) is 0. The number of ether oxygens (including phenoxy) is 2. The van der Waals surface area contributed by atoms with Crippen molar-refractivity contribution in [1.82, 2.24) is 0 Å². The van der Waals surface area contributed by atoms with Crippen molar-refractivity contribution in [3.8, 4) is 11.1 Å². The van der Waals surface area contributed by atoms with Crippen molar-refractivity contribution >= 4 is 11.9 Å². The molecule has 0 aromatic heterocycles. The standard InChI is InChI=1S/C20H22O4/c1-13(19(21)23-3)15-5-9-17(10-6-15)18-11-7-16(8-12-18)14(2)20(22)24-4/h5-14H,1-4H3/t13-,14-/m0/s1. The van der Waals surface area contributed by atoms with Gasteiger partial charge in [0.15, 0.2) is 0 Å². The molecule has 0 bridgehead atoms. The topological polar surface area (TPSA) is 52.6 Å². The lowest BCUT2D eigenvalue weighted by Gasteiger charge is -2.12. The number of esters is 2. The first-order valence-corrected chi connectivity index (χ1v) is 7.84. The smallest absolute Gasteiger partial charge is 0.312 e. The Hall–Kier alpha value is -2.62. The Bertz CT molecular complexity index is 638. The molecule has 2 atom stereocenters. The third kappa shape index (κ3) is 3.82. The number of rotatable bonds is 5. The van der Waals surface area contributed by atoms with Gasteiger partial charge in [0.1, 0.15) is 0 Å². The second kappa shape index (κ2) is 7.77. The van der Waals surface area contributed by atoms with E-state index in [4.69, 9.17) is 9.47 Å². The molecule has 24 heavy (non-hydrogen) atoms. The van der Waals surface area contributed by atoms with E-state index in [0.717, 1.165) is 22.3 Å². The van der Waals surface area contributed by atoms with Gasteiger partial charge in [-0.1, -0.05) is 48.5 Å². The van der Waals surface area contributed by atoms with Crippen LogP contribution in [0.25, 0.3) is 11.1 Å². The number of hydrogen-bond acceptors (Lipinski definition) is 4. The van der Waals surface area contributed by atoms with Crippen LogP contribution in [-0.4, -0.2) is 26.2 Å². The molecule has 0 fully saturated rings. The number of methoxy groups -OCH3 is 2. The van der Waals surface area contributed by atoms with Gasteiger partial charge >= 0.3 is 11.9 Å². The van der Waals surface area contributed by atoms with Gasteiger partial charge in [0.25, 0.3) is 0 Å². The maximum absolute atomic E-state index is 11.6. The summed E-state index contributed by atoms with van der Waals surface area (Å²) >= 11 is 0. The molecule has 2 rings (SSSR count). The van der Waals surface area contributed by atoms with E-state index < -0.39 is 0 Å². The van der Waals surface area contributed by atoms with Crippen LogP contribution >= 0.6 is 0 Å². The molecule has 0 radical (unpaired) electrons. The SMILES string of the molecule is COC(=O)[C@@H](C)c1ccc(-c2ccc([C@H](C)C(=O)OC)cc2)cc1. The largest absolute Gasteiger partial charge is 0.469 e. The summed E-state index contributed by atoms with van der Waals surface area (Å²) in [5, 5.41) is 0. The molecule has 4 heteroatoms. The lowest BCUT2D eigenvalue weighted by molar-refractivity contribution is -0.142. The molecular formula is C20H22O4. The summed E-state index contributed by atoms with van der Waals surface area (Å²) in [7, 11) is 2.79. The van der Waals surface area contributed by atoms with E-state index in [1.807, 2.05) is 62.4 Å². The predicted octanol–water partition coefficient (Wildman–Crippen LogP) is 3.91. The lowest BCUT2D eigenvalue weighted by Crippen LogP contribution is -2.10. The van der Waals surface area contributed by atoms with Gasteiger partial charge < -0.3 is 9.47 Å². The Balaban J connectivity index is 2.17. The zero-order valence-electron chi connectivity index (χ0n) is 14.4. The van der Waals surface area contributed by atoms with E-state index in [1.165, 1.54) is 14.2 Å². The fourth-order valence-corrected chi connectivity index (χ4v) is 2.55. The van der Waals surface area contributed by atoms with Crippen molar-refractivity contribution in [3.63, 3.8) is 0 Å². The lowest BCUT2D eigenvalue weighted by atomic mass is 9.95. The minimum absolute atomic E-state index is 0.246. The first kappa shape index (κ1) is 17.7. The molecule has 0 spiro atoms. The summed E-state index contributed by atoms with van der Waals surface area (Å²) in [4.78, 5) is 23.2. The second-order valence-corrected chi connectivity index (χ2v) is 5.73. The van der Waals surface area contributed by atoms with Crippen LogP contribution in [0.4, 0.5) is 0 Å². The van der Waals surface area contributed by atoms with Crippen LogP contribution in [0.1, 0.15) is 36.8 Å². The van der Waals surface area contributed by atoms with Gasteiger partial charge in [-0.05, 0) is 36.1 Å². The Morgan fingerprint density at radius 3 is 1.21 bits per heavy atom. The highest BCUT2D eigenvalue weighted by Gasteiger charge is 2.16. The van der Waals surface area contributed by atoms with Crippen molar-refractivity contribution in [2.45, 2.75) is 25.7 Å². The Morgan fingerprint density at radius 2 is 0.958 bits per heavy atom. The van der Waals surface area contributed by atoms with Crippen molar-refractivity contribution in [2.75, 3.05) is 14.2 Å². The molecule has 0 aliphatic carbocycles. The Labute approximate surface area is 142 Å². The van der Waals surface area contributed by atoms with Crippen molar-refractivity contribution < 1.29 is 19.1 Å². The van der Waals surface area contributed by atoms with E-state index in [0.29, 0.717) is 0 Å². The Kier molecular flexibility index (Phi) is 5.74. The third-order valence-corrected chi connectivity index (χ3v) is 4.26. The molecule has 0 heterocycles. The molecule has 0 N–H and O–H groups in total. The van der Waals surface area contributed by atoms with Crippen LogP contribution in [0.5, 0.6) is 0 Å². The quantitative estimate of drug-likeness (QED) is 0.782. The molecule has 2 aromatic rings. The van der Waals surface area contributed by atoms with Gasteiger partial charge in [0.2, 0.25) is 0 Å². The van der Waals surface area contributed by atoms with Crippen molar-refractivity contribution in [3.05, 3.63) is 59.7 Å².